The molecule has 5 aromatic carbocycles. The average molecular weight is 758 g/mol. The van der Waals surface area contributed by atoms with Crippen molar-refractivity contribution in [2.75, 3.05) is 13.7 Å². The first-order valence-electron chi connectivity index (χ1n) is 13.0. The molecule has 0 radical (unpaired) electrons. The largest absolute Gasteiger partial charge is 0.280 e. The van der Waals surface area contributed by atoms with Crippen LogP contribution in [0.5, 0.6) is 0 Å². The van der Waals surface area contributed by atoms with Gasteiger partial charge in [-0.2, -0.15) is 0 Å². The maximum atomic E-state index is 14.2. The smallest absolute Gasteiger partial charge is 0.268 e. The van der Waals surface area contributed by atoms with Gasteiger partial charge in [0, 0.05) is 5.69 Å². The minimum Gasteiger partial charge on any atom is -0.280 e. The van der Waals surface area contributed by atoms with E-state index in [1.54, 1.807) is 30.3 Å². The standard InChI is InChI=1S/C30H21Cl4N3O6S3/c31-25-27(33)30(28(34)26(32)29(25)36-45(40,41)23-12-6-2-7-13-23)37(46(42,43)24-14-8-3-9-15-24)21-18-16-20(17-19-21)35-44(38,39)22-10-4-1-5-11-22/h1-19,35-36H. The lowest BCUT2D eigenvalue weighted by Gasteiger charge is -2.28. The van der Waals surface area contributed by atoms with Crippen molar-refractivity contribution >= 4 is 99.2 Å². The van der Waals surface area contributed by atoms with Crippen LogP contribution in [0.15, 0.2) is 130 Å². The number of benzene rings is 5. The second-order valence-electron chi connectivity index (χ2n) is 9.45. The van der Waals surface area contributed by atoms with E-state index >= 15 is 0 Å². The molecule has 0 unspecified atom stereocenters. The van der Waals surface area contributed by atoms with Crippen LogP contribution in [-0.4, -0.2) is 25.3 Å². The van der Waals surface area contributed by atoms with E-state index in [1.807, 2.05) is 0 Å². The third-order valence-corrected chi connectivity index (χ3v) is 12.6. The van der Waals surface area contributed by atoms with E-state index in [1.165, 1.54) is 84.9 Å². The average Bonchev–Trinajstić information content (AvgIpc) is 3.06. The first kappa shape index (κ1) is 33.9. The summed E-state index contributed by atoms with van der Waals surface area (Å²) < 4.78 is 85.6. The Morgan fingerprint density at radius 2 is 0.848 bits per heavy atom. The first-order chi connectivity index (χ1) is 21.7. The molecule has 5 aromatic rings. The quantitative estimate of drug-likeness (QED) is 0.138. The van der Waals surface area contributed by atoms with E-state index in [0.717, 1.165) is 4.31 Å². The molecule has 9 nitrogen and oxygen atoms in total. The predicted octanol–water partition coefficient (Wildman–Crippen LogP) is 8.43. The number of rotatable bonds is 10. The van der Waals surface area contributed by atoms with Crippen molar-refractivity contribution in [2.45, 2.75) is 14.7 Å². The Bertz CT molecular complexity index is 2200. The normalized spacial score (nSPS) is 12.0. The second-order valence-corrected chi connectivity index (χ2v) is 16.1. The fraction of sp³-hybridized carbons (Fsp3) is 0. The molecule has 0 fully saturated rings. The van der Waals surface area contributed by atoms with Crippen LogP contribution >= 0.6 is 46.4 Å². The lowest BCUT2D eigenvalue weighted by molar-refractivity contribution is 0.595. The predicted molar refractivity (Wildman–Crippen MR) is 183 cm³/mol. The molecule has 0 bridgehead atoms. The van der Waals surface area contributed by atoms with Crippen molar-refractivity contribution in [3.8, 4) is 0 Å². The summed E-state index contributed by atoms with van der Waals surface area (Å²) in [6.07, 6.45) is 0. The summed E-state index contributed by atoms with van der Waals surface area (Å²) in [4.78, 5) is -0.231. The van der Waals surface area contributed by atoms with Crippen molar-refractivity contribution < 1.29 is 25.3 Å². The lowest BCUT2D eigenvalue weighted by atomic mass is 10.2. The molecule has 5 rings (SSSR count). The van der Waals surface area contributed by atoms with Crippen LogP contribution in [0.25, 0.3) is 0 Å². The molecular weight excluding hydrogens is 736 g/mol. The van der Waals surface area contributed by atoms with Crippen LogP contribution in [0, 0.1) is 0 Å². The molecule has 0 heterocycles. The van der Waals surface area contributed by atoms with Gasteiger partial charge in [-0.15, -0.1) is 0 Å². The minimum atomic E-state index is -4.50. The highest BCUT2D eigenvalue weighted by Gasteiger charge is 2.34. The zero-order valence-corrected chi connectivity index (χ0v) is 28.6. The Kier molecular flexibility index (Phi) is 9.81. The van der Waals surface area contributed by atoms with Gasteiger partial charge in [0.1, 0.15) is 0 Å². The minimum absolute atomic E-state index is 0.0261. The number of hydrogen-bond donors (Lipinski definition) is 2. The number of anilines is 4. The van der Waals surface area contributed by atoms with Crippen molar-refractivity contribution in [3.63, 3.8) is 0 Å². The Morgan fingerprint density at radius 1 is 0.457 bits per heavy atom. The molecule has 0 aliphatic carbocycles. The van der Waals surface area contributed by atoms with Gasteiger partial charge in [0.05, 0.1) is 51.8 Å². The van der Waals surface area contributed by atoms with Gasteiger partial charge in [-0.25, -0.2) is 29.6 Å². The molecule has 0 saturated carbocycles. The third-order valence-electron chi connectivity index (χ3n) is 6.42. The van der Waals surface area contributed by atoms with Gasteiger partial charge in [0.25, 0.3) is 30.1 Å². The Labute approximate surface area is 286 Å². The number of nitrogens with one attached hydrogen (secondary N) is 2. The molecule has 238 valence electrons. The molecule has 0 aliphatic rings. The topological polar surface area (TPSA) is 130 Å². The highest BCUT2D eigenvalue weighted by Crippen LogP contribution is 2.52. The fourth-order valence-electron chi connectivity index (χ4n) is 4.25. The van der Waals surface area contributed by atoms with Gasteiger partial charge in [-0.05, 0) is 60.7 Å². The van der Waals surface area contributed by atoms with Gasteiger partial charge >= 0.3 is 0 Å². The fourth-order valence-corrected chi connectivity index (χ4v) is 9.28. The Balaban J connectivity index is 1.63. The van der Waals surface area contributed by atoms with E-state index < -0.39 is 50.2 Å². The van der Waals surface area contributed by atoms with E-state index in [9.17, 15) is 25.3 Å². The number of halogens is 4. The zero-order valence-electron chi connectivity index (χ0n) is 23.1. The van der Waals surface area contributed by atoms with Crippen molar-refractivity contribution in [3.05, 3.63) is 135 Å². The van der Waals surface area contributed by atoms with Crippen LogP contribution in [0.4, 0.5) is 22.7 Å². The SMILES string of the molecule is O=S(=O)(Nc1ccc(N(c2c(Cl)c(Cl)c(NS(=O)(=O)c3ccccc3)c(Cl)c2Cl)S(=O)(=O)c2ccccc2)cc1)c1ccccc1. The molecular formula is C30H21Cl4N3O6S3. The monoisotopic (exact) mass is 755 g/mol. The van der Waals surface area contributed by atoms with Gasteiger partial charge in [-0.1, -0.05) is 101 Å². The summed E-state index contributed by atoms with van der Waals surface area (Å²) >= 11 is 26.4. The highest BCUT2D eigenvalue weighted by molar-refractivity contribution is 7.93. The van der Waals surface area contributed by atoms with E-state index in [2.05, 4.69) is 9.44 Å². The maximum Gasteiger partial charge on any atom is 0.268 e. The molecule has 2 N–H and O–H groups in total. The maximum absolute atomic E-state index is 14.2. The summed E-state index contributed by atoms with van der Waals surface area (Å²) in [5.41, 5.74) is -0.639. The first-order valence-corrected chi connectivity index (χ1v) is 18.9. The van der Waals surface area contributed by atoms with Crippen LogP contribution < -0.4 is 13.7 Å². The lowest BCUT2D eigenvalue weighted by Crippen LogP contribution is -2.27. The van der Waals surface area contributed by atoms with Gasteiger partial charge < -0.3 is 0 Å². The number of sulfonamides is 3. The van der Waals surface area contributed by atoms with Crippen LogP contribution in [0.3, 0.4) is 0 Å². The molecule has 0 amide bonds. The summed E-state index contributed by atoms with van der Waals surface area (Å²) in [6, 6.07) is 27.7. The van der Waals surface area contributed by atoms with E-state index in [-0.39, 0.29) is 37.4 Å². The number of hydrogen-bond acceptors (Lipinski definition) is 6. The van der Waals surface area contributed by atoms with Crippen molar-refractivity contribution in [1.82, 2.24) is 0 Å². The van der Waals surface area contributed by atoms with Crippen molar-refractivity contribution in [1.29, 1.82) is 0 Å². The third kappa shape index (κ3) is 6.79. The van der Waals surface area contributed by atoms with Gasteiger partial charge in [0.2, 0.25) is 0 Å². The Hall–Kier alpha value is -3.49. The van der Waals surface area contributed by atoms with E-state index in [4.69, 9.17) is 46.4 Å². The summed E-state index contributed by atoms with van der Waals surface area (Å²) in [5.74, 6) is 0. The molecule has 0 atom stereocenters. The summed E-state index contributed by atoms with van der Waals surface area (Å²) in [6.45, 7) is 0. The summed E-state index contributed by atoms with van der Waals surface area (Å²) in [7, 11) is -12.7. The molecule has 16 heteroatoms. The molecule has 0 aliphatic heterocycles. The molecule has 0 saturated heterocycles. The Morgan fingerprint density at radius 3 is 1.28 bits per heavy atom. The van der Waals surface area contributed by atoms with Crippen molar-refractivity contribution in [2.24, 2.45) is 0 Å². The number of nitrogens with zero attached hydrogens (tertiary/aromatic N) is 1. The molecule has 0 aromatic heterocycles. The van der Waals surface area contributed by atoms with Gasteiger partial charge in [0.15, 0.2) is 0 Å². The van der Waals surface area contributed by atoms with Crippen LogP contribution in [-0.2, 0) is 30.1 Å². The molecule has 0 spiro atoms. The highest BCUT2D eigenvalue weighted by atomic mass is 35.5. The van der Waals surface area contributed by atoms with Crippen LogP contribution in [0.1, 0.15) is 0 Å². The zero-order chi connectivity index (χ0) is 33.3. The summed E-state index contributed by atoms with van der Waals surface area (Å²) in [5, 5.41) is -1.72. The van der Waals surface area contributed by atoms with Crippen LogP contribution in [0.2, 0.25) is 20.1 Å². The van der Waals surface area contributed by atoms with E-state index in [0.29, 0.717) is 0 Å². The second kappa shape index (κ2) is 13.3. The van der Waals surface area contributed by atoms with Gasteiger partial charge in [-0.3, -0.25) is 9.44 Å². The molecule has 46 heavy (non-hydrogen) atoms.